The van der Waals surface area contributed by atoms with Crippen molar-refractivity contribution >= 4 is 5.91 Å². The first-order chi connectivity index (χ1) is 19.0. The first-order valence-corrected chi connectivity index (χ1v) is 14.4. The van der Waals surface area contributed by atoms with Crippen LogP contribution in [0.1, 0.15) is 75.1 Å². The van der Waals surface area contributed by atoms with Gasteiger partial charge in [-0.1, -0.05) is 94.6 Å². The number of carbonyl (C=O) groups is 1. The summed E-state index contributed by atoms with van der Waals surface area (Å²) in [5.41, 5.74) is 3.43. The predicted molar refractivity (Wildman–Crippen MR) is 156 cm³/mol. The maximum absolute atomic E-state index is 14.0. The number of halogens is 2. The third-order valence-corrected chi connectivity index (χ3v) is 8.03. The van der Waals surface area contributed by atoms with Crippen molar-refractivity contribution in [1.29, 1.82) is 0 Å². The van der Waals surface area contributed by atoms with Crippen LogP contribution in [0.25, 0.3) is 0 Å². The summed E-state index contributed by atoms with van der Waals surface area (Å²) in [6, 6.07) is 20.7. The lowest BCUT2D eigenvalue weighted by Crippen LogP contribution is -2.53. The van der Waals surface area contributed by atoms with Crippen molar-refractivity contribution in [3.05, 3.63) is 107 Å². The van der Waals surface area contributed by atoms with E-state index in [0.717, 1.165) is 37.3 Å². The maximum atomic E-state index is 14.0. The second-order valence-electron chi connectivity index (χ2n) is 12.2. The fraction of sp³-hybridized carbons (Fsp3) is 0.441. The molecule has 3 N–H and O–H groups in total. The van der Waals surface area contributed by atoms with E-state index in [-0.39, 0.29) is 36.2 Å². The minimum absolute atomic E-state index is 0.0136. The Morgan fingerprint density at radius 2 is 1.57 bits per heavy atom. The number of hydrogen-bond donors (Lipinski definition) is 3. The lowest BCUT2D eigenvalue weighted by atomic mass is 9.74. The van der Waals surface area contributed by atoms with Gasteiger partial charge in [0.1, 0.15) is 11.6 Å². The van der Waals surface area contributed by atoms with E-state index in [1.165, 1.54) is 29.7 Å². The molecule has 0 saturated heterocycles. The molecule has 2 unspecified atom stereocenters. The van der Waals surface area contributed by atoms with E-state index in [2.05, 4.69) is 55.7 Å². The summed E-state index contributed by atoms with van der Waals surface area (Å²) in [5, 5.41) is 18.1. The largest absolute Gasteiger partial charge is 0.390 e. The molecule has 1 aliphatic carbocycles. The Labute approximate surface area is 237 Å². The zero-order chi connectivity index (χ0) is 28.8. The Morgan fingerprint density at radius 1 is 0.900 bits per heavy atom. The molecule has 0 radical (unpaired) electrons. The second kappa shape index (κ2) is 13.0. The molecule has 1 amide bonds. The lowest BCUT2D eigenvalue weighted by Gasteiger charge is -2.41. The molecular weight excluding hydrogens is 506 g/mol. The van der Waals surface area contributed by atoms with Crippen LogP contribution in [0, 0.1) is 11.6 Å². The molecule has 0 heterocycles. The van der Waals surface area contributed by atoms with Gasteiger partial charge in [0.25, 0.3) is 0 Å². The molecule has 40 heavy (non-hydrogen) atoms. The van der Waals surface area contributed by atoms with E-state index in [4.69, 9.17) is 0 Å². The van der Waals surface area contributed by atoms with Gasteiger partial charge in [0.15, 0.2) is 0 Å². The highest BCUT2D eigenvalue weighted by Crippen LogP contribution is 2.38. The minimum atomic E-state index is -0.976. The Bertz CT molecular complexity index is 1250. The predicted octanol–water partition coefficient (Wildman–Crippen LogP) is 6.34. The van der Waals surface area contributed by atoms with Gasteiger partial charge in [-0.05, 0) is 59.1 Å². The molecule has 4 rings (SSSR count). The van der Waals surface area contributed by atoms with Gasteiger partial charge >= 0.3 is 0 Å². The van der Waals surface area contributed by atoms with Crippen LogP contribution >= 0.6 is 0 Å². The quantitative estimate of drug-likeness (QED) is 0.277. The highest BCUT2D eigenvalue weighted by molar-refractivity contribution is 5.79. The van der Waals surface area contributed by atoms with Crippen LogP contribution in [0.4, 0.5) is 8.78 Å². The van der Waals surface area contributed by atoms with Crippen molar-refractivity contribution in [3.8, 4) is 0 Å². The molecule has 1 fully saturated rings. The van der Waals surface area contributed by atoms with Crippen molar-refractivity contribution in [2.45, 2.75) is 88.8 Å². The second-order valence-corrected chi connectivity index (χ2v) is 12.2. The zero-order valence-corrected chi connectivity index (χ0v) is 23.9. The number of aliphatic hydroxyl groups is 1. The molecule has 0 aromatic heterocycles. The number of nitrogens with one attached hydrogen (secondary N) is 2. The van der Waals surface area contributed by atoms with Gasteiger partial charge in [-0.2, -0.15) is 0 Å². The topological polar surface area (TPSA) is 61.4 Å². The standard InChI is InChI=1S/C34H42F2N2O2/c1-33(2,3)26-13-10-14-27(21-26)34(15-8-5-9-16-34)37-23-31(39)30(19-25-17-28(35)22-29(36)18-25)38-32(40)20-24-11-6-4-7-12-24/h4,6-7,10-14,17-18,21-22,30-31,37,39H,5,8-9,15-16,19-20,23H2,1-3H3,(H,38,40). The summed E-state index contributed by atoms with van der Waals surface area (Å²) in [6.07, 6.45) is 4.53. The van der Waals surface area contributed by atoms with Crippen LogP contribution in [-0.4, -0.2) is 29.7 Å². The van der Waals surface area contributed by atoms with Crippen LogP contribution in [0.3, 0.4) is 0 Å². The lowest BCUT2D eigenvalue weighted by molar-refractivity contribution is -0.122. The zero-order valence-electron chi connectivity index (χ0n) is 23.9. The van der Waals surface area contributed by atoms with Gasteiger partial charge in [-0.3, -0.25) is 4.79 Å². The highest BCUT2D eigenvalue weighted by Gasteiger charge is 2.35. The van der Waals surface area contributed by atoms with Crippen molar-refractivity contribution in [2.75, 3.05) is 6.54 Å². The average molecular weight is 549 g/mol. The number of carbonyl (C=O) groups excluding carboxylic acids is 1. The van der Waals surface area contributed by atoms with Crippen LogP contribution in [0.2, 0.25) is 0 Å². The summed E-state index contributed by atoms with van der Waals surface area (Å²) in [4.78, 5) is 13.0. The van der Waals surface area contributed by atoms with Crippen LogP contribution in [0.5, 0.6) is 0 Å². The van der Waals surface area contributed by atoms with Crippen LogP contribution in [-0.2, 0) is 28.6 Å². The fourth-order valence-corrected chi connectivity index (χ4v) is 5.75. The SMILES string of the molecule is CC(C)(C)c1cccc(C2(NCC(O)C(Cc3cc(F)cc(F)c3)NC(=O)Cc3ccccc3)CCCCC2)c1. The van der Waals surface area contributed by atoms with Gasteiger partial charge in [0.05, 0.1) is 18.6 Å². The van der Waals surface area contributed by atoms with Gasteiger partial charge in [-0.15, -0.1) is 0 Å². The van der Waals surface area contributed by atoms with Gasteiger partial charge < -0.3 is 15.7 Å². The maximum Gasteiger partial charge on any atom is 0.224 e. The summed E-state index contributed by atoms with van der Waals surface area (Å²) < 4.78 is 27.9. The van der Waals surface area contributed by atoms with Crippen LogP contribution in [0.15, 0.2) is 72.8 Å². The van der Waals surface area contributed by atoms with Crippen LogP contribution < -0.4 is 10.6 Å². The normalized spacial score (nSPS) is 16.8. The number of aliphatic hydroxyl groups excluding tert-OH is 1. The molecule has 0 bridgehead atoms. The number of benzene rings is 3. The average Bonchev–Trinajstić information content (AvgIpc) is 2.91. The van der Waals surface area contributed by atoms with E-state index >= 15 is 0 Å². The van der Waals surface area contributed by atoms with E-state index in [9.17, 15) is 18.7 Å². The summed E-state index contributed by atoms with van der Waals surface area (Å²) >= 11 is 0. The summed E-state index contributed by atoms with van der Waals surface area (Å²) in [6.45, 7) is 6.84. The number of rotatable bonds is 10. The fourth-order valence-electron chi connectivity index (χ4n) is 5.75. The third kappa shape index (κ3) is 7.98. The molecule has 3 aromatic rings. The molecule has 1 aliphatic rings. The molecule has 6 heteroatoms. The molecule has 0 aliphatic heterocycles. The Balaban J connectivity index is 1.54. The summed E-state index contributed by atoms with van der Waals surface area (Å²) in [5.74, 6) is -1.62. The van der Waals surface area contributed by atoms with Crippen molar-refractivity contribution in [3.63, 3.8) is 0 Å². The molecular formula is C34H42F2N2O2. The third-order valence-electron chi connectivity index (χ3n) is 8.03. The molecule has 1 saturated carbocycles. The highest BCUT2D eigenvalue weighted by atomic mass is 19.1. The number of amides is 1. The van der Waals surface area contributed by atoms with Gasteiger partial charge in [-0.25, -0.2) is 8.78 Å². The van der Waals surface area contributed by atoms with Crippen molar-refractivity contribution in [2.24, 2.45) is 0 Å². The van der Waals surface area contributed by atoms with Gasteiger partial charge in [0.2, 0.25) is 5.91 Å². The first kappa shape index (κ1) is 29.9. The molecule has 2 atom stereocenters. The Morgan fingerprint density at radius 3 is 2.23 bits per heavy atom. The van der Waals surface area contributed by atoms with Crippen molar-refractivity contribution in [1.82, 2.24) is 10.6 Å². The molecule has 0 spiro atoms. The molecule has 3 aromatic carbocycles. The minimum Gasteiger partial charge on any atom is -0.390 e. The summed E-state index contributed by atoms with van der Waals surface area (Å²) in [7, 11) is 0. The Hall–Kier alpha value is -3.09. The first-order valence-electron chi connectivity index (χ1n) is 14.4. The Kier molecular flexibility index (Phi) is 9.75. The molecule has 4 nitrogen and oxygen atoms in total. The van der Waals surface area contributed by atoms with Crippen molar-refractivity contribution < 1.29 is 18.7 Å². The number of hydrogen-bond acceptors (Lipinski definition) is 3. The molecule has 214 valence electrons. The van der Waals surface area contributed by atoms with E-state index < -0.39 is 23.8 Å². The van der Waals surface area contributed by atoms with Gasteiger partial charge in [0, 0.05) is 18.2 Å². The smallest absolute Gasteiger partial charge is 0.224 e. The van der Waals surface area contributed by atoms with E-state index in [1.54, 1.807) is 0 Å². The monoisotopic (exact) mass is 548 g/mol. The van der Waals surface area contributed by atoms with E-state index in [1.807, 2.05) is 30.3 Å². The van der Waals surface area contributed by atoms with E-state index in [0.29, 0.717) is 5.56 Å².